The minimum absolute atomic E-state index is 0.465. The number of fused-ring (bicyclic) bond motifs is 7. The average molecular weight is 470 g/mol. The zero-order chi connectivity index (χ0) is 24.4. The molecule has 1 aliphatic carbocycles. The number of hydrogen-bond acceptors (Lipinski definition) is 2. The highest BCUT2D eigenvalue weighted by Gasteiger charge is 2.28. The van der Waals surface area contributed by atoms with Gasteiger partial charge in [0.1, 0.15) is 11.2 Å². The van der Waals surface area contributed by atoms with Crippen LogP contribution in [0.3, 0.4) is 0 Å². The molecule has 0 N–H and O–H groups in total. The van der Waals surface area contributed by atoms with Gasteiger partial charge >= 0.3 is 0 Å². The second kappa shape index (κ2) is 7.93. The highest BCUT2D eigenvalue weighted by atomic mass is 16.3. The van der Waals surface area contributed by atoms with Crippen LogP contribution in [0.4, 0.5) is 0 Å². The van der Waals surface area contributed by atoms with Crippen molar-refractivity contribution in [1.82, 2.24) is 4.98 Å². The van der Waals surface area contributed by atoms with Crippen molar-refractivity contribution in [3.8, 4) is 11.3 Å². The molecule has 1 saturated carbocycles. The van der Waals surface area contributed by atoms with Crippen molar-refractivity contribution in [1.29, 1.82) is 0 Å². The number of para-hydroxylation sites is 1. The molecule has 2 heterocycles. The molecule has 36 heavy (non-hydrogen) atoms. The van der Waals surface area contributed by atoms with E-state index in [0.29, 0.717) is 11.3 Å². The van der Waals surface area contributed by atoms with Gasteiger partial charge in [-0.2, -0.15) is 0 Å². The minimum Gasteiger partial charge on any atom is -0.455 e. The van der Waals surface area contributed by atoms with Gasteiger partial charge in [-0.25, -0.2) is 0 Å². The van der Waals surface area contributed by atoms with Crippen molar-refractivity contribution < 1.29 is 4.42 Å². The number of benzene rings is 4. The summed E-state index contributed by atoms with van der Waals surface area (Å²) in [5.41, 5.74) is 7.22. The maximum Gasteiger partial charge on any atom is 0.144 e. The fourth-order valence-electron chi connectivity index (χ4n) is 6.38. The van der Waals surface area contributed by atoms with E-state index in [-0.39, 0.29) is 0 Å². The number of rotatable bonds is 2. The lowest BCUT2D eigenvalue weighted by atomic mass is 9.71. The Labute approximate surface area is 212 Å². The van der Waals surface area contributed by atoms with Crippen LogP contribution in [0.25, 0.3) is 54.7 Å². The van der Waals surface area contributed by atoms with Crippen molar-refractivity contribution in [2.45, 2.75) is 52.4 Å². The molecule has 0 amide bonds. The van der Waals surface area contributed by atoms with E-state index >= 15 is 0 Å². The van der Waals surface area contributed by atoms with E-state index in [1.54, 1.807) is 0 Å². The molecule has 0 aliphatic heterocycles. The zero-order valence-corrected chi connectivity index (χ0v) is 21.3. The van der Waals surface area contributed by atoms with Gasteiger partial charge < -0.3 is 4.42 Å². The number of hydrogen-bond donors (Lipinski definition) is 0. The third-order valence-electron chi connectivity index (χ3n) is 8.57. The van der Waals surface area contributed by atoms with Crippen molar-refractivity contribution >= 4 is 43.5 Å². The van der Waals surface area contributed by atoms with Gasteiger partial charge in [-0.05, 0) is 89.4 Å². The van der Waals surface area contributed by atoms with Crippen molar-refractivity contribution in [3.63, 3.8) is 0 Å². The van der Waals surface area contributed by atoms with Gasteiger partial charge in [0.15, 0.2) is 0 Å². The van der Waals surface area contributed by atoms with E-state index in [9.17, 15) is 0 Å². The SMILES string of the molecule is Cc1cnc(-c2cccc3c2oc2c3ccc3ccc4ccccc4c32)cc1C1CCC(C)(C)CC1. The van der Waals surface area contributed by atoms with Gasteiger partial charge in [0.2, 0.25) is 0 Å². The molecule has 2 aromatic heterocycles. The Morgan fingerprint density at radius 3 is 2.36 bits per heavy atom. The van der Waals surface area contributed by atoms with Crippen LogP contribution in [0, 0.1) is 12.3 Å². The summed E-state index contributed by atoms with van der Waals surface area (Å²) >= 11 is 0. The lowest BCUT2D eigenvalue weighted by Gasteiger charge is -2.35. The molecule has 178 valence electrons. The van der Waals surface area contributed by atoms with Gasteiger partial charge in [-0.15, -0.1) is 0 Å². The lowest BCUT2D eigenvalue weighted by Crippen LogP contribution is -2.20. The van der Waals surface area contributed by atoms with Gasteiger partial charge in [-0.1, -0.05) is 68.4 Å². The Morgan fingerprint density at radius 2 is 1.50 bits per heavy atom. The van der Waals surface area contributed by atoms with Crippen LogP contribution >= 0.6 is 0 Å². The van der Waals surface area contributed by atoms with Crippen molar-refractivity contribution in [3.05, 3.63) is 90.1 Å². The average Bonchev–Trinajstić information content (AvgIpc) is 3.28. The summed E-state index contributed by atoms with van der Waals surface area (Å²) in [4.78, 5) is 4.91. The van der Waals surface area contributed by atoms with E-state index in [4.69, 9.17) is 9.40 Å². The van der Waals surface area contributed by atoms with Crippen LogP contribution in [0.5, 0.6) is 0 Å². The monoisotopic (exact) mass is 469 g/mol. The standard InChI is InChI=1S/C34H31NO/c1-21-20-35-30(19-29(21)23-15-17-34(2,3)18-16-23)28-10-6-9-26-27-14-13-24-12-11-22-7-4-5-8-25(22)31(24)33(27)36-32(26)28/h4-14,19-20,23H,15-18H2,1-3H3. The van der Waals surface area contributed by atoms with E-state index < -0.39 is 0 Å². The predicted octanol–water partition coefficient (Wildman–Crippen LogP) is 9.95. The summed E-state index contributed by atoms with van der Waals surface area (Å²) in [6, 6.07) is 26.2. The van der Waals surface area contributed by atoms with Crippen LogP contribution in [-0.2, 0) is 0 Å². The summed E-state index contributed by atoms with van der Waals surface area (Å²) in [7, 11) is 0. The van der Waals surface area contributed by atoms with Crippen LogP contribution in [0.1, 0.15) is 56.6 Å². The van der Waals surface area contributed by atoms with Crippen LogP contribution in [0.15, 0.2) is 83.4 Å². The minimum atomic E-state index is 0.465. The van der Waals surface area contributed by atoms with E-state index in [0.717, 1.165) is 33.2 Å². The Balaban J connectivity index is 1.43. The molecule has 6 aromatic rings. The Kier molecular flexibility index (Phi) is 4.76. The fraction of sp³-hybridized carbons (Fsp3) is 0.265. The molecule has 1 fully saturated rings. The first-order valence-electron chi connectivity index (χ1n) is 13.2. The number of pyridine rings is 1. The molecule has 4 aromatic carbocycles. The molecule has 0 atom stereocenters. The zero-order valence-electron chi connectivity index (χ0n) is 21.3. The molecule has 0 saturated heterocycles. The maximum absolute atomic E-state index is 6.76. The van der Waals surface area contributed by atoms with Crippen LogP contribution in [-0.4, -0.2) is 4.98 Å². The molecular weight excluding hydrogens is 438 g/mol. The van der Waals surface area contributed by atoms with Crippen molar-refractivity contribution in [2.75, 3.05) is 0 Å². The summed E-state index contributed by atoms with van der Waals surface area (Å²) in [5, 5.41) is 7.18. The summed E-state index contributed by atoms with van der Waals surface area (Å²) in [6.45, 7) is 7.03. The van der Waals surface area contributed by atoms with E-state index in [1.165, 1.54) is 58.4 Å². The van der Waals surface area contributed by atoms with Gasteiger partial charge in [0.25, 0.3) is 0 Å². The normalized spacial score (nSPS) is 16.4. The van der Waals surface area contributed by atoms with Crippen LogP contribution in [0.2, 0.25) is 0 Å². The molecule has 2 heteroatoms. The largest absolute Gasteiger partial charge is 0.455 e. The molecule has 0 radical (unpaired) electrons. The molecule has 0 bridgehead atoms. The predicted molar refractivity (Wildman–Crippen MR) is 152 cm³/mol. The first-order valence-corrected chi connectivity index (χ1v) is 13.2. The number of furan rings is 1. The van der Waals surface area contributed by atoms with Gasteiger partial charge in [-0.3, -0.25) is 4.98 Å². The van der Waals surface area contributed by atoms with E-state index in [2.05, 4.69) is 99.8 Å². The lowest BCUT2D eigenvalue weighted by molar-refractivity contribution is 0.224. The Morgan fingerprint density at radius 1 is 0.778 bits per heavy atom. The number of aromatic nitrogens is 1. The third-order valence-corrected chi connectivity index (χ3v) is 8.57. The highest BCUT2D eigenvalue weighted by Crippen LogP contribution is 2.45. The quantitative estimate of drug-likeness (QED) is 0.236. The molecule has 0 unspecified atom stereocenters. The maximum atomic E-state index is 6.76. The molecule has 7 rings (SSSR count). The Hall–Kier alpha value is -3.65. The second-order valence-corrected chi connectivity index (χ2v) is 11.5. The molecule has 1 aliphatic rings. The summed E-state index contributed by atoms with van der Waals surface area (Å²) < 4.78 is 6.76. The first-order chi connectivity index (χ1) is 17.5. The summed E-state index contributed by atoms with van der Waals surface area (Å²) in [6.07, 6.45) is 7.15. The molecular formula is C34H31NO. The second-order valence-electron chi connectivity index (χ2n) is 11.5. The number of nitrogens with zero attached hydrogens (tertiary/aromatic N) is 1. The van der Waals surface area contributed by atoms with Crippen molar-refractivity contribution in [2.24, 2.45) is 5.41 Å². The smallest absolute Gasteiger partial charge is 0.144 e. The highest BCUT2D eigenvalue weighted by molar-refractivity contribution is 6.23. The fourth-order valence-corrected chi connectivity index (χ4v) is 6.38. The number of aryl methyl sites for hydroxylation is 1. The molecule has 2 nitrogen and oxygen atoms in total. The van der Waals surface area contributed by atoms with Gasteiger partial charge in [0, 0.05) is 27.9 Å². The van der Waals surface area contributed by atoms with Gasteiger partial charge in [0.05, 0.1) is 5.69 Å². The third kappa shape index (κ3) is 3.35. The topological polar surface area (TPSA) is 26.0 Å². The Bertz CT molecular complexity index is 1780. The first kappa shape index (κ1) is 21.6. The summed E-state index contributed by atoms with van der Waals surface area (Å²) in [5.74, 6) is 0.616. The van der Waals surface area contributed by atoms with E-state index in [1.807, 2.05) is 0 Å². The molecule has 0 spiro atoms. The van der Waals surface area contributed by atoms with Crippen LogP contribution < -0.4 is 0 Å².